The van der Waals surface area contributed by atoms with Crippen molar-refractivity contribution >= 4 is 17.8 Å². The Kier molecular flexibility index (Phi) is 22.7. The van der Waals surface area contributed by atoms with Gasteiger partial charge in [0, 0.05) is 53.1 Å². The molecule has 0 radical (unpaired) electrons. The first-order valence-corrected chi connectivity index (χ1v) is 19.2. The fraction of sp³-hybridized carbons (Fsp3) is 0.683. The average Bonchev–Trinajstić information content (AvgIpc) is 3.62. The van der Waals surface area contributed by atoms with Crippen LogP contribution in [-0.2, 0) is 39.8 Å². The number of ether oxygens (including phenoxy) is 5. The first kappa shape index (κ1) is 45.7. The molecule has 1 heterocycles. The van der Waals surface area contributed by atoms with Crippen LogP contribution >= 0.6 is 0 Å². The van der Waals surface area contributed by atoms with Crippen molar-refractivity contribution in [2.45, 2.75) is 121 Å². The molecule has 2 rings (SSSR count). The van der Waals surface area contributed by atoms with Crippen molar-refractivity contribution in [3.8, 4) is 17.6 Å². The number of aliphatic hydroxyl groups is 1. The second kappa shape index (κ2) is 26.3. The summed E-state index contributed by atoms with van der Waals surface area (Å²) in [5, 5.41) is 27.1. The van der Waals surface area contributed by atoms with Gasteiger partial charge in [-0.1, -0.05) is 75.7 Å². The van der Waals surface area contributed by atoms with E-state index in [4.69, 9.17) is 23.7 Å². The third-order valence-electron chi connectivity index (χ3n) is 9.43. The van der Waals surface area contributed by atoms with Gasteiger partial charge < -0.3 is 44.5 Å². The molecule has 12 heteroatoms. The van der Waals surface area contributed by atoms with Gasteiger partial charge in [0.1, 0.15) is 18.4 Å². The quantitative estimate of drug-likeness (QED) is 0.0479. The summed E-state index contributed by atoms with van der Waals surface area (Å²) < 4.78 is 27.8. The number of nitrogens with one attached hydrogen (secondary N) is 2. The molecule has 1 fully saturated rings. The van der Waals surface area contributed by atoms with Gasteiger partial charge in [-0.15, -0.1) is 5.92 Å². The number of methoxy groups -OCH3 is 2. The number of carbonyl (C=O) groups is 3. The predicted octanol–water partition coefficient (Wildman–Crippen LogP) is 5.35. The summed E-state index contributed by atoms with van der Waals surface area (Å²) in [5.74, 6) is 1.43. The SMILES string of the molecule is CC#CCOc1ccc(C[C@H](NC(=O)C(/C=C/CCCCCCC2(CCCCCCC)OCCO2)C(O)(CCOC)C(=O)O)C(=O)NCCOC)cc1. The van der Waals surface area contributed by atoms with E-state index in [1.165, 1.54) is 46.0 Å². The van der Waals surface area contributed by atoms with Crippen LogP contribution in [0.25, 0.3) is 0 Å². The van der Waals surface area contributed by atoms with Crippen LogP contribution in [-0.4, -0.2) is 99.2 Å². The molecular weight excluding hydrogens is 680 g/mol. The zero-order valence-electron chi connectivity index (χ0n) is 32.4. The van der Waals surface area contributed by atoms with E-state index in [1.54, 1.807) is 37.3 Å². The van der Waals surface area contributed by atoms with Gasteiger partial charge >= 0.3 is 5.97 Å². The maximum Gasteiger partial charge on any atom is 0.336 e. The normalized spacial score (nSPS) is 15.9. The van der Waals surface area contributed by atoms with Crippen LogP contribution in [0, 0.1) is 17.8 Å². The number of unbranched alkanes of at least 4 members (excludes halogenated alkanes) is 8. The highest BCUT2D eigenvalue weighted by molar-refractivity contribution is 5.93. The Morgan fingerprint density at radius 1 is 0.943 bits per heavy atom. The third-order valence-corrected chi connectivity index (χ3v) is 9.43. The van der Waals surface area contributed by atoms with Crippen LogP contribution in [0.2, 0.25) is 0 Å². The molecule has 2 unspecified atom stereocenters. The van der Waals surface area contributed by atoms with Gasteiger partial charge in [0.15, 0.2) is 11.4 Å². The van der Waals surface area contributed by atoms with Crippen molar-refractivity contribution < 1.29 is 48.3 Å². The minimum atomic E-state index is -2.47. The van der Waals surface area contributed by atoms with Crippen molar-refractivity contribution in [1.29, 1.82) is 0 Å². The first-order valence-electron chi connectivity index (χ1n) is 19.2. The van der Waals surface area contributed by atoms with Crippen molar-refractivity contribution in [2.75, 3.05) is 53.8 Å². The molecule has 1 saturated heterocycles. The van der Waals surface area contributed by atoms with Crippen molar-refractivity contribution in [3.63, 3.8) is 0 Å². The summed E-state index contributed by atoms with van der Waals surface area (Å²) in [6, 6.07) is 5.99. The topological polar surface area (TPSA) is 162 Å². The number of hydrogen-bond acceptors (Lipinski definition) is 9. The number of amides is 2. The van der Waals surface area contributed by atoms with Crippen LogP contribution < -0.4 is 15.4 Å². The Labute approximate surface area is 316 Å². The number of carboxylic acid groups (broad SMARTS) is 1. The Balaban J connectivity index is 2.09. The molecule has 1 aliphatic rings. The summed E-state index contributed by atoms with van der Waals surface area (Å²) >= 11 is 0. The van der Waals surface area contributed by atoms with Crippen LogP contribution in [0.4, 0.5) is 0 Å². The van der Waals surface area contributed by atoms with Crippen LogP contribution in [0.5, 0.6) is 5.75 Å². The van der Waals surface area contributed by atoms with Gasteiger partial charge in [0.2, 0.25) is 11.8 Å². The van der Waals surface area contributed by atoms with Gasteiger partial charge in [-0.3, -0.25) is 9.59 Å². The lowest BCUT2D eigenvalue weighted by Gasteiger charge is -2.31. The van der Waals surface area contributed by atoms with Gasteiger partial charge in [0.05, 0.1) is 25.7 Å². The van der Waals surface area contributed by atoms with E-state index in [1.807, 2.05) is 0 Å². The molecule has 0 aliphatic carbocycles. The monoisotopic (exact) mass is 744 g/mol. The highest BCUT2D eigenvalue weighted by Crippen LogP contribution is 2.32. The van der Waals surface area contributed by atoms with Gasteiger partial charge in [-0.25, -0.2) is 4.79 Å². The van der Waals surface area contributed by atoms with Crippen molar-refractivity contribution in [2.24, 2.45) is 5.92 Å². The zero-order chi connectivity index (χ0) is 38.8. The minimum Gasteiger partial charge on any atom is -0.481 e. The van der Waals surface area contributed by atoms with Crippen molar-refractivity contribution in [1.82, 2.24) is 10.6 Å². The molecule has 1 aromatic rings. The van der Waals surface area contributed by atoms with E-state index >= 15 is 0 Å². The Hall–Kier alpha value is -3.47. The van der Waals surface area contributed by atoms with E-state index in [-0.39, 0.29) is 39.2 Å². The second-order valence-corrected chi connectivity index (χ2v) is 13.5. The largest absolute Gasteiger partial charge is 0.481 e. The zero-order valence-corrected chi connectivity index (χ0v) is 32.4. The molecule has 298 valence electrons. The highest BCUT2D eigenvalue weighted by Gasteiger charge is 2.47. The van der Waals surface area contributed by atoms with E-state index in [0.717, 1.165) is 50.5 Å². The van der Waals surface area contributed by atoms with Crippen molar-refractivity contribution in [3.05, 3.63) is 42.0 Å². The van der Waals surface area contributed by atoms with E-state index in [2.05, 4.69) is 29.4 Å². The summed E-state index contributed by atoms with van der Waals surface area (Å²) in [4.78, 5) is 39.7. The molecule has 53 heavy (non-hydrogen) atoms. The maximum absolute atomic E-state index is 13.9. The molecule has 4 N–H and O–H groups in total. The number of hydrogen-bond donors (Lipinski definition) is 4. The lowest BCUT2D eigenvalue weighted by Crippen LogP contribution is -2.56. The van der Waals surface area contributed by atoms with Gasteiger partial charge in [-0.2, -0.15) is 0 Å². The fourth-order valence-electron chi connectivity index (χ4n) is 6.29. The molecular formula is C41H64N2O10. The van der Waals surface area contributed by atoms with E-state index in [9.17, 15) is 24.6 Å². The second-order valence-electron chi connectivity index (χ2n) is 13.5. The van der Waals surface area contributed by atoms with Gasteiger partial charge in [0.25, 0.3) is 0 Å². The number of carboxylic acids is 1. The minimum absolute atomic E-state index is 0.0900. The molecule has 1 aliphatic heterocycles. The Morgan fingerprint density at radius 2 is 1.58 bits per heavy atom. The lowest BCUT2D eigenvalue weighted by atomic mass is 9.83. The van der Waals surface area contributed by atoms with Crippen LogP contribution in [0.3, 0.4) is 0 Å². The summed E-state index contributed by atoms with van der Waals surface area (Å²) in [7, 11) is 2.90. The molecule has 1 aromatic carbocycles. The molecule has 0 aromatic heterocycles. The highest BCUT2D eigenvalue weighted by atomic mass is 16.7. The van der Waals surface area contributed by atoms with Crippen LogP contribution in [0.15, 0.2) is 36.4 Å². The maximum atomic E-state index is 13.9. The molecule has 0 spiro atoms. The smallest absolute Gasteiger partial charge is 0.336 e. The number of allylic oxidation sites excluding steroid dienone is 1. The summed E-state index contributed by atoms with van der Waals surface area (Å²) in [5.41, 5.74) is -1.74. The van der Waals surface area contributed by atoms with Crippen LogP contribution in [0.1, 0.15) is 103 Å². The predicted molar refractivity (Wildman–Crippen MR) is 203 cm³/mol. The first-order chi connectivity index (χ1) is 25.6. The molecule has 0 saturated carbocycles. The number of benzene rings is 1. The Morgan fingerprint density at radius 3 is 2.19 bits per heavy atom. The lowest BCUT2D eigenvalue weighted by molar-refractivity contribution is -0.169. The average molecular weight is 745 g/mol. The molecule has 12 nitrogen and oxygen atoms in total. The van der Waals surface area contributed by atoms with E-state index in [0.29, 0.717) is 25.4 Å². The Bertz CT molecular complexity index is 1290. The molecule has 2 amide bonds. The number of aliphatic carboxylic acids is 1. The number of rotatable bonds is 29. The standard InChI is InChI=1S/C41H64N2O10/c1-5-7-9-13-16-23-40(52-30-31-53-40)24-17-14-11-10-12-15-18-35(41(48,39(46)47)25-28-49-3)37(44)43-36(38(45)42-26-29-50-4)32-33-19-21-34(22-20-33)51-27-8-6-2/h15,18-22,35-36,48H,5,7,9-14,16-17,23-32H2,1-4H3,(H,42,45)(H,43,44)(H,46,47)/b18-15+/t35?,36-,41?/m0/s1. The third kappa shape index (κ3) is 17.0. The van der Waals surface area contributed by atoms with E-state index < -0.39 is 41.1 Å². The number of carbonyl (C=O) groups excluding carboxylic acids is 2. The molecule has 0 bridgehead atoms. The van der Waals surface area contributed by atoms with Gasteiger partial charge in [-0.05, 0) is 50.3 Å². The molecule has 3 atom stereocenters. The summed E-state index contributed by atoms with van der Waals surface area (Å²) in [6.07, 6.45) is 15.0. The fourth-order valence-corrected chi connectivity index (χ4v) is 6.29. The summed E-state index contributed by atoms with van der Waals surface area (Å²) in [6.45, 7) is 5.84.